The van der Waals surface area contributed by atoms with Crippen molar-refractivity contribution in [2.24, 2.45) is 0 Å². The number of anilines is 2. The Hall–Kier alpha value is -4.50. The second kappa shape index (κ2) is 16.7. The Morgan fingerprint density at radius 1 is 0.935 bits per heavy atom. The van der Waals surface area contributed by atoms with E-state index in [9.17, 15) is 4.79 Å². The van der Waals surface area contributed by atoms with Crippen LogP contribution in [0.15, 0.2) is 85.5 Å². The van der Waals surface area contributed by atoms with Crippen LogP contribution in [0.2, 0.25) is 0 Å². The minimum atomic E-state index is -0.151. The van der Waals surface area contributed by atoms with Gasteiger partial charge in [-0.2, -0.15) is 0 Å². The quantitative estimate of drug-likeness (QED) is 0.144. The molecule has 1 aliphatic heterocycles. The van der Waals surface area contributed by atoms with E-state index in [4.69, 9.17) is 9.47 Å². The molecule has 3 aromatic carbocycles. The first-order chi connectivity index (χ1) is 22.6. The minimum absolute atomic E-state index is 0.151. The molecule has 0 aliphatic carbocycles. The van der Waals surface area contributed by atoms with Crippen molar-refractivity contribution in [2.75, 3.05) is 63.2 Å². The number of carbonyl (C=O) groups excluding carboxylic acids is 1. The van der Waals surface area contributed by atoms with Crippen LogP contribution in [0, 0.1) is 6.92 Å². The molecule has 0 radical (unpaired) electrons. The van der Waals surface area contributed by atoms with Gasteiger partial charge >= 0.3 is 6.03 Å². The maximum absolute atomic E-state index is 13.9. The fourth-order valence-corrected chi connectivity index (χ4v) is 5.92. The van der Waals surface area contributed by atoms with E-state index in [0.29, 0.717) is 25.4 Å². The van der Waals surface area contributed by atoms with Gasteiger partial charge < -0.3 is 29.2 Å². The number of nitrogens with zero attached hydrogens (tertiary/aromatic N) is 5. The topological polar surface area (TPSA) is 75.1 Å². The summed E-state index contributed by atoms with van der Waals surface area (Å²) in [7, 11) is 1.67. The van der Waals surface area contributed by atoms with Gasteiger partial charge in [0, 0.05) is 68.6 Å². The van der Waals surface area contributed by atoms with E-state index in [-0.39, 0.29) is 6.03 Å². The average molecular weight is 625 g/mol. The third-order valence-corrected chi connectivity index (χ3v) is 8.58. The van der Waals surface area contributed by atoms with Crippen molar-refractivity contribution in [3.63, 3.8) is 0 Å². The lowest BCUT2D eigenvalue weighted by Gasteiger charge is -2.36. The second-order valence-electron chi connectivity index (χ2n) is 11.8. The Labute approximate surface area is 273 Å². The smallest absolute Gasteiger partial charge is 0.322 e. The predicted octanol–water partition coefficient (Wildman–Crippen LogP) is 7.00. The zero-order chi connectivity index (χ0) is 32.1. The minimum Gasteiger partial charge on any atom is -0.496 e. The molecule has 1 saturated heterocycles. The fraction of sp³-hybridized carbons (Fsp3) is 0.405. The number of amides is 2. The molecule has 2 heterocycles. The number of imidazole rings is 1. The number of carbonyl (C=O) groups is 1. The van der Waals surface area contributed by atoms with E-state index in [1.165, 1.54) is 5.69 Å². The molecule has 0 saturated carbocycles. The van der Waals surface area contributed by atoms with E-state index >= 15 is 0 Å². The third-order valence-electron chi connectivity index (χ3n) is 8.58. The summed E-state index contributed by atoms with van der Waals surface area (Å²) in [6, 6.07) is 22.4. The molecule has 5 rings (SSSR count). The lowest BCUT2D eigenvalue weighted by atomic mass is 10.1. The number of aryl methyl sites for hydroxylation is 1. The highest BCUT2D eigenvalue weighted by atomic mass is 16.5. The predicted molar refractivity (Wildman–Crippen MR) is 185 cm³/mol. The third kappa shape index (κ3) is 8.81. The van der Waals surface area contributed by atoms with Crippen LogP contribution in [-0.4, -0.2) is 78.4 Å². The standard InChI is InChI=1S/C37H48N6O3/c1-4-5-9-20-42(28-31-27-33(16-17-34(31)45-3)43-21-18-38-29-43)37(44)39-36-30(2)12-10-15-35(36)46-26-11-19-40-22-24-41(25-23-40)32-13-7-6-8-14-32/h6-8,10,12-18,21,27,29H,4-5,9,11,19-20,22-26,28H2,1-3H3,(H,39,44). The van der Waals surface area contributed by atoms with Crippen molar-refractivity contribution in [3.8, 4) is 17.2 Å². The van der Waals surface area contributed by atoms with Crippen LogP contribution in [0.1, 0.15) is 43.7 Å². The molecule has 244 valence electrons. The maximum atomic E-state index is 13.9. The van der Waals surface area contributed by atoms with Crippen LogP contribution < -0.4 is 19.7 Å². The summed E-state index contributed by atoms with van der Waals surface area (Å²) < 4.78 is 13.9. The lowest BCUT2D eigenvalue weighted by molar-refractivity contribution is 0.206. The van der Waals surface area contributed by atoms with Gasteiger partial charge in [-0.05, 0) is 61.7 Å². The number of nitrogens with one attached hydrogen (secondary N) is 1. The van der Waals surface area contributed by atoms with Crippen molar-refractivity contribution in [2.45, 2.75) is 46.1 Å². The molecule has 9 nitrogen and oxygen atoms in total. The molecule has 4 aromatic rings. The first-order valence-corrected chi connectivity index (χ1v) is 16.5. The van der Waals surface area contributed by atoms with Crippen LogP contribution >= 0.6 is 0 Å². The summed E-state index contributed by atoms with van der Waals surface area (Å²) in [5, 5.41) is 3.21. The second-order valence-corrected chi connectivity index (χ2v) is 11.8. The molecule has 1 aliphatic rings. The number of hydrogen-bond acceptors (Lipinski definition) is 6. The molecule has 0 bridgehead atoms. The van der Waals surface area contributed by atoms with Gasteiger partial charge in [0.2, 0.25) is 0 Å². The Morgan fingerprint density at radius 2 is 1.76 bits per heavy atom. The van der Waals surface area contributed by atoms with Gasteiger partial charge in [-0.1, -0.05) is 50.1 Å². The Balaban J connectivity index is 1.20. The first-order valence-electron chi connectivity index (χ1n) is 16.5. The van der Waals surface area contributed by atoms with Gasteiger partial charge in [-0.3, -0.25) is 4.90 Å². The van der Waals surface area contributed by atoms with Crippen molar-refractivity contribution < 1.29 is 14.3 Å². The van der Waals surface area contributed by atoms with E-state index in [2.05, 4.69) is 63.4 Å². The number of ether oxygens (including phenoxy) is 2. The van der Waals surface area contributed by atoms with Crippen LogP contribution in [-0.2, 0) is 6.54 Å². The zero-order valence-electron chi connectivity index (χ0n) is 27.5. The summed E-state index contributed by atoms with van der Waals surface area (Å²) in [6.07, 6.45) is 9.39. The van der Waals surface area contributed by atoms with E-state index in [1.54, 1.807) is 19.6 Å². The fourth-order valence-electron chi connectivity index (χ4n) is 5.92. The van der Waals surface area contributed by atoms with Crippen LogP contribution in [0.3, 0.4) is 0 Å². The zero-order valence-corrected chi connectivity index (χ0v) is 27.5. The van der Waals surface area contributed by atoms with E-state index in [0.717, 1.165) is 86.7 Å². The molecular weight excluding hydrogens is 576 g/mol. The van der Waals surface area contributed by atoms with Gasteiger partial charge in [-0.25, -0.2) is 9.78 Å². The van der Waals surface area contributed by atoms with Crippen LogP contribution in [0.4, 0.5) is 16.2 Å². The van der Waals surface area contributed by atoms with Gasteiger partial charge in [0.15, 0.2) is 0 Å². The summed E-state index contributed by atoms with van der Waals surface area (Å²) in [5.41, 5.74) is 4.89. The number of unbranched alkanes of at least 4 members (excludes halogenated alkanes) is 2. The number of urea groups is 1. The van der Waals surface area contributed by atoms with E-state index in [1.807, 2.05) is 52.9 Å². The number of rotatable bonds is 15. The number of para-hydroxylation sites is 2. The molecule has 9 heteroatoms. The Bertz CT molecular complexity index is 1500. The summed E-state index contributed by atoms with van der Waals surface area (Å²) >= 11 is 0. The van der Waals surface area contributed by atoms with Crippen molar-refractivity contribution in [1.82, 2.24) is 19.4 Å². The van der Waals surface area contributed by atoms with Gasteiger partial charge in [0.25, 0.3) is 0 Å². The number of hydrogen-bond donors (Lipinski definition) is 1. The molecule has 2 amide bonds. The van der Waals surface area contributed by atoms with Gasteiger partial charge in [0.1, 0.15) is 11.5 Å². The van der Waals surface area contributed by atoms with Crippen molar-refractivity contribution in [3.05, 3.63) is 96.6 Å². The number of piperazine rings is 1. The SMILES string of the molecule is CCCCCN(Cc1cc(-n2ccnc2)ccc1OC)C(=O)Nc1c(C)cccc1OCCCN1CCN(c2ccccc2)CC1. The number of benzene rings is 3. The largest absolute Gasteiger partial charge is 0.496 e. The van der Waals surface area contributed by atoms with Gasteiger partial charge in [-0.15, -0.1) is 0 Å². The monoisotopic (exact) mass is 624 g/mol. The Kier molecular flexibility index (Phi) is 11.9. The summed E-state index contributed by atoms with van der Waals surface area (Å²) in [5.74, 6) is 1.45. The Morgan fingerprint density at radius 3 is 2.50 bits per heavy atom. The average Bonchev–Trinajstić information content (AvgIpc) is 3.64. The number of aromatic nitrogens is 2. The highest BCUT2D eigenvalue weighted by Gasteiger charge is 2.20. The molecule has 1 fully saturated rings. The highest BCUT2D eigenvalue weighted by molar-refractivity contribution is 5.92. The van der Waals surface area contributed by atoms with Crippen LogP contribution in [0.25, 0.3) is 5.69 Å². The summed E-state index contributed by atoms with van der Waals surface area (Å²) in [6.45, 7) is 11.0. The van der Waals surface area contributed by atoms with Crippen LogP contribution in [0.5, 0.6) is 11.5 Å². The van der Waals surface area contributed by atoms with Crippen molar-refractivity contribution >= 4 is 17.4 Å². The highest BCUT2D eigenvalue weighted by Crippen LogP contribution is 2.30. The van der Waals surface area contributed by atoms with E-state index < -0.39 is 0 Å². The lowest BCUT2D eigenvalue weighted by Crippen LogP contribution is -2.46. The van der Waals surface area contributed by atoms with Crippen molar-refractivity contribution in [1.29, 1.82) is 0 Å². The molecule has 0 spiro atoms. The molecule has 0 unspecified atom stereocenters. The maximum Gasteiger partial charge on any atom is 0.322 e. The summed E-state index contributed by atoms with van der Waals surface area (Å²) in [4.78, 5) is 24.9. The molecule has 0 atom stereocenters. The number of methoxy groups -OCH3 is 1. The van der Waals surface area contributed by atoms with Gasteiger partial charge in [0.05, 0.1) is 32.3 Å². The molecule has 1 N–H and O–H groups in total. The molecule has 1 aromatic heterocycles. The normalized spacial score (nSPS) is 13.4. The first kappa shape index (κ1) is 32.9. The molecule has 46 heavy (non-hydrogen) atoms. The molecular formula is C37H48N6O3.